The van der Waals surface area contributed by atoms with Crippen molar-refractivity contribution < 1.29 is 19.2 Å². The van der Waals surface area contributed by atoms with Crippen LogP contribution in [0, 0.1) is 16.0 Å². The van der Waals surface area contributed by atoms with E-state index in [1.807, 2.05) is 6.08 Å². The van der Waals surface area contributed by atoms with Crippen LogP contribution in [-0.2, 0) is 4.74 Å². The number of hydrogen-bond acceptors (Lipinski definition) is 5. The molecule has 0 N–H and O–H groups in total. The molecule has 0 aliphatic heterocycles. The first-order valence-electron chi connectivity index (χ1n) is 10.3. The molecule has 6 heteroatoms. The lowest BCUT2D eigenvalue weighted by Crippen LogP contribution is -2.12. The molecule has 1 aliphatic carbocycles. The van der Waals surface area contributed by atoms with Crippen LogP contribution in [0.25, 0.3) is 6.08 Å². The van der Waals surface area contributed by atoms with Gasteiger partial charge in [-0.1, -0.05) is 61.7 Å². The van der Waals surface area contributed by atoms with E-state index in [1.165, 1.54) is 31.6 Å². The fourth-order valence-electron chi connectivity index (χ4n) is 4.09. The number of nitrogens with zero attached hydrogens (tertiary/aromatic N) is 1. The number of allylic oxidation sites excluding steroid dienone is 1. The zero-order valence-corrected chi connectivity index (χ0v) is 17.4. The molecule has 2 aromatic rings. The normalized spacial score (nSPS) is 14.7. The van der Waals surface area contributed by atoms with Crippen LogP contribution in [0.3, 0.4) is 0 Å². The van der Waals surface area contributed by atoms with E-state index in [2.05, 4.69) is 6.92 Å². The maximum absolute atomic E-state index is 13.3. The van der Waals surface area contributed by atoms with Gasteiger partial charge in [-0.05, 0) is 31.2 Å². The maximum Gasteiger partial charge on any atom is 0.284 e. The molecule has 0 spiro atoms. The quantitative estimate of drug-likeness (QED) is 0.227. The summed E-state index contributed by atoms with van der Waals surface area (Å²) < 4.78 is 10.8. The molecule has 0 unspecified atom stereocenters. The van der Waals surface area contributed by atoms with Gasteiger partial charge in [0.1, 0.15) is 11.3 Å². The van der Waals surface area contributed by atoms with Gasteiger partial charge in [0.25, 0.3) is 5.69 Å². The highest BCUT2D eigenvalue weighted by Crippen LogP contribution is 2.39. The molecule has 0 aromatic heterocycles. The molecular weight excluding hydrogens is 382 g/mol. The second-order valence-corrected chi connectivity index (χ2v) is 7.44. The molecule has 0 saturated heterocycles. The lowest BCUT2D eigenvalue weighted by atomic mass is 9.91. The molecule has 158 valence electrons. The number of benzene rings is 2. The van der Waals surface area contributed by atoms with Crippen LogP contribution in [0.1, 0.15) is 60.5 Å². The summed E-state index contributed by atoms with van der Waals surface area (Å²) in [6.07, 6.45) is 7.65. The fourth-order valence-corrected chi connectivity index (χ4v) is 4.09. The van der Waals surface area contributed by atoms with Crippen LogP contribution in [0.5, 0.6) is 5.75 Å². The smallest absolute Gasteiger partial charge is 0.284 e. The number of carbonyl (C=O) groups excluding carboxylic acids is 1. The minimum atomic E-state index is -0.541. The van der Waals surface area contributed by atoms with Crippen molar-refractivity contribution >= 4 is 17.5 Å². The van der Waals surface area contributed by atoms with Gasteiger partial charge >= 0.3 is 0 Å². The zero-order chi connectivity index (χ0) is 21.5. The molecule has 6 nitrogen and oxygen atoms in total. The van der Waals surface area contributed by atoms with Crippen molar-refractivity contribution in [2.45, 2.75) is 39.0 Å². The molecule has 30 heavy (non-hydrogen) atoms. The molecule has 0 radical (unpaired) electrons. The topological polar surface area (TPSA) is 78.7 Å². The number of rotatable bonds is 9. The van der Waals surface area contributed by atoms with Gasteiger partial charge in [-0.2, -0.15) is 0 Å². The van der Waals surface area contributed by atoms with Crippen LogP contribution in [0.4, 0.5) is 5.69 Å². The summed E-state index contributed by atoms with van der Waals surface area (Å²) in [5.41, 5.74) is 2.00. The van der Waals surface area contributed by atoms with E-state index >= 15 is 0 Å². The summed E-state index contributed by atoms with van der Waals surface area (Å²) >= 11 is 0. The van der Waals surface area contributed by atoms with Gasteiger partial charge in [-0.3, -0.25) is 14.9 Å². The highest BCUT2D eigenvalue weighted by molar-refractivity contribution is 6.14. The predicted octanol–water partition coefficient (Wildman–Crippen LogP) is 5.79. The summed E-state index contributed by atoms with van der Waals surface area (Å²) in [6.45, 7) is 2.00. The average molecular weight is 409 g/mol. The highest BCUT2D eigenvalue weighted by Gasteiger charge is 2.29. The number of nitro benzene ring substituents is 1. The molecule has 0 heterocycles. The van der Waals surface area contributed by atoms with Crippen LogP contribution in [0.15, 0.2) is 48.0 Å². The van der Waals surface area contributed by atoms with Crippen molar-refractivity contribution in [3.05, 3.63) is 74.8 Å². The number of ketones is 1. The van der Waals surface area contributed by atoms with Gasteiger partial charge < -0.3 is 9.47 Å². The third-order valence-electron chi connectivity index (χ3n) is 5.58. The molecule has 2 aromatic carbocycles. The number of ether oxygens (including phenoxy) is 2. The highest BCUT2D eigenvalue weighted by atomic mass is 16.7. The molecule has 0 bridgehead atoms. The van der Waals surface area contributed by atoms with Crippen molar-refractivity contribution in [3.63, 3.8) is 0 Å². The van der Waals surface area contributed by atoms with Crippen molar-refractivity contribution in [2.75, 3.05) is 13.9 Å². The first-order chi connectivity index (χ1) is 14.6. The number of methoxy groups -OCH3 is 1. The lowest BCUT2D eigenvalue weighted by Gasteiger charge is -2.17. The third-order valence-corrected chi connectivity index (χ3v) is 5.58. The van der Waals surface area contributed by atoms with Crippen molar-refractivity contribution in [3.8, 4) is 5.75 Å². The van der Waals surface area contributed by atoms with Crippen LogP contribution < -0.4 is 4.74 Å². The van der Waals surface area contributed by atoms with Crippen LogP contribution in [0.2, 0.25) is 0 Å². The van der Waals surface area contributed by atoms with E-state index < -0.39 is 10.7 Å². The summed E-state index contributed by atoms with van der Waals surface area (Å²) in [4.78, 5) is 24.5. The Bertz CT molecular complexity index is 930. The molecule has 0 amide bonds. The number of carbonyl (C=O) groups is 1. The Morgan fingerprint density at radius 1 is 1.17 bits per heavy atom. The van der Waals surface area contributed by atoms with Crippen molar-refractivity contribution in [2.24, 2.45) is 5.92 Å². The lowest BCUT2D eigenvalue weighted by molar-refractivity contribution is -0.385. The molecular formula is C24H27NO5. The van der Waals surface area contributed by atoms with Gasteiger partial charge in [0.15, 0.2) is 6.79 Å². The number of nitro groups is 1. The zero-order valence-electron chi connectivity index (χ0n) is 17.4. The van der Waals surface area contributed by atoms with Gasteiger partial charge in [-0.15, -0.1) is 0 Å². The largest absolute Gasteiger partial charge is 0.466 e. The summed E-state index contributed by atoms with van der Waals surface area (Å²) in [5.74, 6) is 0.264. The predicted molar refractivity (Wildman–Crippen MR) is 116 cm³/mol. The summed E-state index contributed by atoms with van der Waals surface area (Å²) in [6, 6.07) is 11.6. The summed E-state index contributed by atoms with van der Waals surface area (Å²) in [5, 5.41) is 11.7. The monoisotopic (exact) mass is 409 g/mol. The Kier molecular flexibility index (Phi) is 7.36. The fraction of sp³-hybridized carbons (Fsp3) is 0.375. The Labute approximate surface area is 176 Å². The second-order valence-electron chi connectivity index (χ2n) is 7.44. The third kappa shape index (κ3) is 4.76. The van der Waals surface area contributed by atoms with Gasteiger partial charge in [0.05, 0.1) is 4.92 Å². The maximum atomic E-state index is 13.3. The number of hydrogen-bond donors (Lipinski definition) is 0. The van der Waals surface area contributed by atoms with Crippen molar-refractivity contribution in [1.29, 1.82) is 0 Å². The minimum absolute atomic E-state index is 0.0427. The Balaban J connectivity index is 2.18. The molecule has 1 fully saturated rings. The van der Waals surface area contributed by atoms with E-state index in [0.29, 0.717) is 17.0 Å². The minimum Gasteiger partial charge on any atom is -0.466 e. The van der Waals surface area contributed by atoms with Crippen LogP contribution in [-0.4, -0.2) is 24.6 Å². The van der Waals surface area contributed by atoms with E-state index in [-0.39, 0.29) is 23.8 Å². The Morgan fingerprint density at radius 3 is 2.47 bits per heavy atom. The van der Waals surface area contributed by atoms with Gasteiger partial charge in [-0.25, -0.2) is 0 Å². The Morgan fingerprint density at radius 2 is 1.87 bits per heavy atom. The first kappa shape index (κ1) is 21.7. The molecule has 1 saturated carbocycles. The van der Waals surface area contributed by atoms with E-state index in [4.69, 9.17) is 9.47 Å². The molecule has 3 rings (SSSR count). The standard InChI is InChI=1S/C24H27NO5/c1-3-17(18-9-7-8-10-18)15-20-13-14-21(25(27)28)22(24(20)30-16-29-2)23(26)19-11-5-4-6-12-19/h4-6,11-15,18H,3,7-10,16H2,1-2H3/b17-15+. The Hall–Kier alpha value is -2.99. The first-order valence-corrected chi connectivity index (χ1v) is 10.3. The average Bonchev–Trinajstić information content (AvgIpc) is 3.30. The van der Waals surface area contributed by atoms with Gasteiger partial charge in [0.2, 0.25) is 5.78 Å². The van der Waals surface area contributed by atoms with Crippen LogP contribution >= 0.6 is 0 Å². The van der Waals surface area contributed by atoms with Gasteiger partial charge in [0, 0.05) is 24.3 Å². The van der Waals surface area contributed by atoms with Crippen molar-refractivity contribution in [1.82, 2.24) is 0 Å². The SMILES string of the molecule is CC/C(=C\c1ccc([N+](=O)[O-])c(C(=O)c2ccccc2)c1OCOC)C1CCCC1. The van der Waals surface area contributed by atoms with E-state index in [0.717, 1.165) is 19.3 Å². The summed E-state index contributed by atoms with van der Waals surface area (Å²) in [7, 11) is 1.47. The second kappa shape index (κ2) is 10.2. The van der Waals surface area contributed by atoms with E-state index in [1.54, 1.807) is 36.4 Å². The van der Waals surface area contributed by atoms with E-state index in [9.17, 15) is 14.9 Å². The molecule has 1 aliphatic rings. The molecule has 0 atom stereocenters.